The highest BCUT2D eigenvalue weighted by molar-refractivity contribution is 5.47. The summed E-state index contributed by atoms with van der Waals surface area (Å²) in [6, 6.07) is 4.61. The Morgan fingerprint density at radius 3 is 2.74 bits per heavy atom. The fourth-order valence-electron chi connectivity index (χ4n) is 3.33. The monoisotopic (exact) mass is 260 g/mol. The maximum atomic E-state index is 5.74. The molecule has 1 fully saturated rings. The first kappa shape index (κ1) is 12.9. The number of benzene rings is 1. The van der Waals surface area contributed by atoms with Crippen LogP contribution in [0.3, 0.4) is 0 Å². The van der Waals surface area contributed by atoms with E-state index in [1.54, 1.807) is 0 Å². The van der Waals surface area contributed by atoms with Gasteiger partial charge in [-0.15, -0.1) is 0 Å². The number of aryl methyl sites for hydroxylation is 1. The van der Waals surface area contributed by atoms with E-state index in [1.807, 2.05) is 7.11 Å². The van der Waals surface area contributed by atoms with Crippen LogP contribution in [0.5, 0.6) is 5.75 Å². The van der Waals surface area contributed by atoms with E-state index in [4.69, 9.17) is 4.74 Å². The summed E-state index contributed by atoms with van der Waals surface area (Å²) in [6.07, 6.45) is 5.04. The third kappa shape index (κ3) is 2.77. The van der Waals surface area contributed by atoms with Crippen molar-refractivity contribution in [2.45, 2.75) is 32.2 Å². The molecule has 0 atom stereocenters. The van der Waals surface area contributed by atoms with Gasteiger partial charge in [0, 0.05) is 38.3 Å². The lowest BCUT2D eigenvalue weighted by Gasteiger charge is -2.29. The van der Waals surface area contributed by atoms with E-state index in [2.05, 4.69) is 22.3 Å². The van der Waals surface area contributed by atoms with Crippen LogP contribution in [-0.4, -0.2) is 38.2 Å². The van der Waals surface area contributed by atoms with Gasteiger partial charge in [-0.1, -0.05) is 12.1 Å². The second kappa shape index (κ2) is 5.93. The zero-order valence-electron chi connectivity index (χ0n) is 11.9. The van der Waals surface area contributed by atoms with Crippen LogP contribution in [0.25, 0.3) is 0 Å². The molecule has 0 unspecified atom stereocenters. The quantitative estimate of drug-likeness (QED) is 0.899. The zero-order valence-corrected chi connectivity index (χ0v) is 11.9. The third-order valence-corrected chi connectivity index (χ3v) is 4.37. The average molecular weight is 260 g/mol. The number of hydrogen-bond acceptors (Lipinski definition) is 3. The summed E-state index contributed by atoms with van der Waals surface area (Å²) in [7, 11) is 1.82. The first-order valence-corrected chi connectivity index (χ1v) is 7.49. The van der Waals surface area contributed by atoms with E-state index in [9.17, 15) is 0 Å². The van der Waals surface area contributed by atoms with Crippen LogP contribution in [0.1, 0.15) is 29.5 Å². The Labute approximate surface area is 115 Å². The molecule has 3 rings (SSSR count). The minimum atomic E-state index is 1.03. The highest BCUT2D eigenvalue weighted by Crippen LogP contribution is 2.33. The van der Waals surface area contributed by atoms with Crippen molar-refractivity contribution in [1.29, 1.82) is 0 Å². The first-order valence-electron chi connectivity index (χ1n) is 7.49. The van der Waals surface area contributed by atoms with Crippen LogP contribution in [-0.2, 0) is 19.4 Å². The van der Waals surface area contributed by atoms with Crippen molar-refractivity contribution < 1.29 is 4.74 Å². The van der Waals surface area contributed by atoms with Gasteiger partial charge in [-0.2, -0.15) is 0 Å². The highest BCUT2D eigenvalue weighted by atomic mass is 16.5. The molecular formula is C16H24N2O. The van der Waals surface area contributed by atoms with Gasteiger partial charge in [0.25, 0.3) is 0 Å². The Balaban J connectivity index is 1.83. The van der Waals surface area contributed by atoms with Gasteiger partial charge in [-0.25, -0.2) is 0 Å². The Morgan fingerprint density at radius 2 is 1.95 bits per heavy atom. The third-order valence-electron chi connectivity index (χ3n) is 4.37. The highest BCUT2D eigenvalue weighted by Gasteiger charge is 2.19. The van der Waals surface area contributed by atoms with Crippen LogP contribution in [0.4, 0.5) is 0 Å². The molecule has 1 heterocycles. The van der Waals surface area contributed by atoms with Gasteiger partial charge in [-0.3, -0.25) is 4.90 Å². The molecule has 104 valence electrons. The molecule has 3 nitrogen and oxygen atoms in total. The maximum Gasteiger partial charge on any atom is 0.126 e. The van der Waals surface area contributed by atoms with E-state index in [0.717, 1.165) is 38.5 Å². The standard InChI is InChI=1S/C16H24N2O/c1-19-16-14(12-18-10-8-17-9-11-18)7-6-13-4-2-3-5-15(13)16/h6-7,17H,2-5,8-12H2,1H3. The lowest BCUT2D eigenvalue weighted by Crippen LogP contribution is -2.42. The maximum absolute atomic E-state index is 5.74. The van der Waals surface area contributed by atoms with Crippen LogP contribution < -0.4 is 10.1 Å². The van der Waals surface area contributed by atoms with Crippen molar-refractivity contribution in [3.63, 3.8) is 0 Å². The summed E-state index contributed by atoms with van der Waals surface area (Å²) in [5.41, 5.74) is 4.35. The van der Waals surface area contributed by atoms with Gasteiger partial charge in [-0.05, 0) is 36.8 Å². The molecule has 1 aliphatic carbocycles. The predicted octanol–water partition coefficient (Wildman–Crippen LogP) is 1.98. The predicted molar refractivity (Wildman–Crippen MR) is 77.8 cm³/mol. The van der Waals surface area contributed by atoms with E-state index in [-0.39, 0.29) is 0 Å². The fourth-order valence-corrected chi connectivity index (χ4v) is 3.33. The lowest BCUT2D eigenvalue weighted by atomic mass is 9.89. The smallest absolute Gasteiger partial charge is 0.126 e. The average Bonchev–Trinajstić information content (AvgIpc) is 2.48. The molecule has 0 bridgehead atoms. The minimum Gasteiger partial charge on any atom is -0.496 e. The van der Waals surface area contributed by atoms with Crippen LogP contribution in [0.2, 0.25) is 0 Å². The van der Waals surface area contributed by atoms with Crippen molar-refractivity contribution in [2.75, 3.05) is 33.3 Å². The number of nitrogens with zero attached hydrogens (tertiary/aromatic N) is 1. The number of methoxy groups -OCH3 is 1. The second-order valence-corrected chi connectivity index (χ2v) is 5.63. The Hall–Kier alpha value is -1.06. The number of rotatable bonds is 3. The molecule has 0 radical (unpaired) electrons. The summed E-state index contributed by atoms with van der Waals surface area (Å²) < 4.78 is 5.74. The summed E-state index contributed by atoms with van der Waals surface area (Å²) >= 11 is 0. The molecule has 1 aromatic carbocycles. The van der Waals surface area contributed by atoms with Crippen LogP contribution in [0, 0.1) is 0 Å². The van der Waals surface area contributed by atoms with E-state index >= 15 is 0 Å². The van der Waals surface area contributed by atoms with E-state index in [0.29, 0.717) is 0 Å². The largest absolute Gasteiger partial charge is 0.496 e. The Bertz CT molecular complexity index is 439. The van der Waals surface area contributed by atoms with Crippen molar-refractivity contribution in [3.05, 3.63) is 28.8 Å². The van der Waals surface area contributed by atoms with Gasteiger partial charge in [0.15, 0.2) is 0 Å². The molecule has 1 N–H and O–H groups in total. The SMILES string of the molecule is COc1c(CN2CCNCC2)ccc2c1CCCC2. The zero-order chi connectivity index (χ0) is 13.1. The number of hydrogen-bond donors (Lipinski definition) is 1. The lowest BCUT2D eigenvalue weighted by molar-refractivity contribution is 0.230. The number of fused-ring (bicyclic) bond motifs is 1. The van der Waals surface area contributed by atoms with Crippen molar-refractivity contribution >= 4 is 0 Å². The summed E-state index contributed by atoms with van der Waals surface area (Å²) in [4.78, 5) is 2.52. The van der Waals surface area contributed by atoms with Crippen molar-refractivity contribution in [2.24, 2.45) is 0 Å². The molecule has 0 saturated carbocycles. The number of ether oxygens (including phenoxy) is 1. The van der Waals surface area contributed by atoms with Crippen LogP contribution >= 0.6 is 0 Å². The molecule has 0 spiro atoms. The molecule has 1 aliphatic heterocycles. The summed E-state index contributed by atoms with van der Waals surface area (Å²) in [5, 5.41) is 3.41. The number of nitrogens with one attached hydrogen (secondary N) is 1. The first-order chi connectivity index (χ1) is 9.38. The normalized spacial score (nSPS) is 20.1. The van der Waals surface area contributed by atoms with Gasteiger partial charge in [0.1, 0.15) is 5.75 Å². The summed E-state index contributed by atoms with van der Waals surface area (Å²) in [5.74, 6) is 1.16. The molecule has 0 amide bonds. The van der Waals surface area contributed by atoms with Gasteiger partial charge in [0.05, 0.1) is 7.11 Å². The molecule has 3 heteroatoms. The topological polar surface area (TPSA) is 24.5 Å². The van der Waals surface area contributed by atoms with Gasteiger partial charge >= 0.3 is 0 Å². The molecule has 2 aliphatic rings. The van der Waals surface area contributed by atoms with Crippen molar-refractivity contribution in [1.82, 2.24) is 10.2 Å². The minimum absolute atomic E-state index is 1.03. The summed E-state index contributed by atoms with van der Waals surface area (Å²) in [6.45, 7) is 5.51. The molecule has 1 saturated heterocycles. The number of piperazine rings is 1. The molecule has 1 aromatic rings. The Morgan fingerprint density at radius 1 is 1.16 bits per heavy atom. The molecule has 0 aromatic heterocycles. The van der Waals surface area contributed by atoms with Crippen LogP contribution in [0.15, 0.2) is 12.1 Å². The van der Waals surface area contributed by atoms with E-state index in [1.165, 1.54) is 42.4 Å². The van der Waals surface area contributed by atoms with E-state index < -0.39 is 0 Å². The molecule has 19 heavy (non-hydrogen) atoms. The van der Waals surface area contributed by atoms with Gasteiger partial charge in [0.2, 0.25) is 0 Å². The second-order valence-electron chi connectivity index (χ2n) is 5.63. The molecular weight excluding hydrogens is 236 g/mol. The fraction of sp³-hybridized carbons (Fsp3) is 0.625. The Kier molecular flexibility index (Phi) is 4.04. The van der Waals surface area contributed by atoms with Crippen molar-refractivity contribution in [3.8, 4) is 5.75 Å². The van der Waals surface area contributed by atoms with Gasteiger partial charge < -0.3 is 10.1 Å².